The second-order valence-electron chi connectivity index (χ2n) is 5.32. The van der Waals surface area contributed by atoms with Crippen LogP contribution in [0.4, 0.5) is 0 Å². The molecule has 1 fully saturated rings. The van der Waals surface area contributed by atoms with E-state index in [0.717, 1.165) is 38.9 Å². The third-order valence-corrected chi connectivity index (χ3v) is 4.06. The molecule has 104 valence electrons. The SMILES string of the molecule is O=C1CCN(Cc2ccccc2)CC1CCCCCl. The van der Waals surface area contributed by atoms with Crippen molar-refractivity contribution >= 4 is 17.4 Å². The van der Waals surface area contributed by atoms with E-state index >= 15 is 0 Å². The average Bonchev–Trinajstić information content (AvgIpc) is 2.44. The Kier molecular flexibility index (Phi) is 5.87. The van der Waals surface area contributed by atoms with Crippen LogP contribution >= 0.6 is 11.6 Å². The van der Waals surface area contributed by atoms with E-state index in [0.29, 0.717) is 18.1 Å². The van der Waals surface area contributed by atoms with Crippen molar-refractivity contribution in [2.24, 2.45) is 5.92 Å². The van der Waals surface area contributed by atoms with Gasteiger partial charge in [0, 0.05) is 37.9 Å². The fraction of sp³-hybridized carbons (Fsp3) is 0.562. The topological polar surface area (TPSA) is 20.3 Å². The number of rotatable bonds is 6. The lowest BCUT2D eigenvalue weighted by Gasteiger charge is -2.31. The Labute approximate surface area is 120 Å². The Hall–Kier alpha value is -0.860. The molecule has 0 amide bonds. The second-order valence-corrected chi connectivity index (χ2v) is 5.70. The number of nitrogens with zero attached hydrogens (tertiary/aromatic N) is 1. The number of carbonyl (C=O) groups is 1. The fourth-order valence-electron chi connectivity index (χ4n) is 2.70. The number of hydrogen-bond acceptors (Lipinski definition) is 2. The first-order valence-electron chi connectivity index (χ1n) is 7.14. The molecule has 0 saturated carbocycles. The zero-order valence-corrected chi connectivity index (χ0v) is 12.1. The zero-order chi connectivity index (χ0) is 13.5. The number of hydrogen-bond donors (Lipinski definition) is 0. The number of carbonyl (C=O) groups excluding carboxylic acids is 1. The number of unbranched alkanes of at least 4 members (excludes halogenated alkanes) is 1. The van der Waals surface area contributed by atoms with E-state index in [1.165, 1.54) is 5.56 Å². The molecule has 2 nitrogen and oxygen atoms in total. The predicted molar refractivity (Wildman–Crippen MR) is 79.4 cm³/mol. The van der Waals surface area contributed by atoms with E-state index < -0.39 is 0 Å². The van der Waals surface area contributed by atoms with Crippen LogP contribution in [0.1, 0.15) is 31.2 Å². The van der Waals surface area contributed by atoms with Gasteiger partial charge in [0.25, 0.3) is 0 Å². The molecule has 0 spiro atoms. The molecule has 0 aliphatic carbocycles. The molecule has 19 heavy (non-hydrogen) atoms. The number of ketones is 1. The van der Waals surface area contributed by atoms with Gasteiger partial charge in [0.05, 0.1) is 0 Å². The number of halogens is 1. The van der Waals surface area contributed by atoms with Gasteiger partial charge in [0.15, 0.2) is 0 Å². The van der Waals surface area contributed by atoms with E-state index in [2.05, 4.69) is 29.2 Å². The smallest absolute Gasteiger partial charge is 0.138 e. The van der Waals surface area contributed by atoms with Crippen molar-refractivity contribution in [1.82, 2.24) is 4.90 Å². The predicted octanol–water partition coefficient (Wildman–Crippen LogP) is 3.49. The highest BCUT2D eigenvalue weighted by atomic mass is 35.5. The number of benzene rings is 1. The zero-order valence-electron chi connectivity index (χ0n) is 11.4. The van der Waals surface area contributed by atoms with E-state index in [-0.39, 0.29) is 5.92 Å². The molecule has 1 aliphatic rings. The fourth-order valence-corrected chi connectivity index (χ4v) is 2.89. The number of likely N-dealkylation sites (tertiary alicyclic amines) is 1. The Bertz CT molecular complexity index is 393. The Balaban J connectivity index is 1.84. The van der Waals surface area contributed by atoms with Gasteiger partial charge in [-0.05, 0) is 18.4 Å². The van der Waals surface area contributed by atoms with Gasteiger partial charge < -0.3 is 0 Å². The summed E-state index contributed by atoms with van der Waals surface area (Å²) in [5, 5.41) is 0. The second kappa shape index (κ2) is 7.66. The summed E-state index contributed by atoms with van der Waals surface area (Å²) < 4.78 is 0. The minimum atomic E-state index is 0.223. The van der Waals surface area contributed by atoms with Crippen LogP contribution in [0.5, 0.6) is 0 Å². The van der Waals surface area contributed by atoms with Crippen molar-refractivity contribution in [3.63, 3.8) is 0 Å². The lowest BCUT2D eigenvalue weighted by atomic mass is 9.91. The van der Waals surface area contributed by atoms with Crippen LogP contribution in [0.2, 0.25) is 0 Å². The molecule has 0 aromatic heterocycles. The van der Waals surface area contributed by atoms with Crippen LogP contribution in [-0.4, -0.2) is 29.7 Å². The summed E-state index contributed by atoms with van der Waals surface area (Å²) >= 11 is 5.70. The van der Waals surface area contributed by atoms with E-state index in [1.54, 1.807) is 0 Å². The van der Waals surface area contributed by atoms with E-state index in [1.807, 2.05) is 6.07 Å². The number of piperidine rings is 1. The molecule has 1 atom stereocenters. The first-order valence-corrected chi connectivity index (χ1v) is 7.68. The van der Waals surface area contributed by atoms with Gasteiger partial charge in [0.1, 0.15) is 5.78 Å². The molecule has 0 bridgehead atoms. The average molecular weight is 280 g/mol. The molecule has 3 heteroatoms. The maximum absolute atomic E-state index is 11.9. The summed E-state index contributed by atoms with van der Waals surface area (Å²) in [5.41, 5.74) is 1.33. The van der Waals surface area contributed by atoms with Gasteiger partial charge in [-0.15, -0.1) is 11.6 Å². The molecular weight excluding hydrogens is 258 g/mol. The van der Waals surface area contributed by atoms with Crippen molar-refractivity contribution in [2.75, 3.05) is 19.0 Å². The van der Waals surface area contributed by atoms with Crippen LogP contribution in [0.15, 0.2) is 30.3 Å². The van der Waals surface area contributed by atoms with Gasteiger partial charge in [-0.3, -0.25) is 9.69 Å². The quantitative estimate of drug-likeness (QED) is 0.587. The summed E-state index contributed by atoms with van der Waals surface area (Å²) in [5.74, 6) is 1.37. The lowest BCUT2D eigenvalue weighted by Crippen LogP contribution is -2.40. The highest BCUT2D eigenvalue weighted by Crippen LogP contribution is 2.20. The van der Waals surface area contributed by atoms with Crippen LogP contribution in [0.25, 0.3) is 0 Å². The van der Waals surface area contributed by atoms with Crippen LogP contribution in [0.3, 0.4) is 0 Å². The molecule has 0 N–H and O–H groups in total. The van der Waals surface area contributed by atoms with Crippen molar-refractivity contribution in [3.05, 3.63) is 35.9 Å². The number of alkyl halides is 1. The lowest BCUT2D eigenvalue weighted by molar-refractivity contribution is -0.126. The third-order valence-electron chi connectivity index (χ3n) is 3.79. The molecule has 1 aliphatic heterocycles. The maximum Gasteiger partial charge on any atom is 0.138 e. The molecule has 0 radical (unpaired) electrons. The first kappa shape index (κ1) is 14.5. The first-order chi connectivity index (χ1) is 9.29. The van der Waals surface area contributed by atoms with Gasteiger partial charge >= 0.3 is 0 Å². The van der Waals surface area contributed by atoms with Crippen molar-refractivity contribution in [3.8, 4) is 0 Å². The summed E-state index contributed by atoms with van der Waals surface area (Å²) in [6.07, 6.45) is 3.79. The summed E-state index contributed by atoms with van der Waals surface area (Å²) in [4.78, 5) is 14.3. The van der Waals surface area contributed by atoms with Crippen LogP contribution in [-0.2, 0) is 11.3 Å². The van der Waals surface area contributed by atoms with Gasteiger partial charge in [-0.25, -0.2) is 0 Å². The van der Waals surface area contributed by atoms with Crippen LogP contribution < -0.4 is 0 Å². The van der Waals surface area contributed by atoms with Crippen LogP contribution in [0, 0.1) is 5.92 Å². The van der Waals surface area contributed by atoms with E-state index in [4.69, 9.17) is 11.6 Å². The molecular formula is C16H22ClNO. The minimum Gasteiger partial charge on any atom is -0.299 e. The summed E-state index contributed by atoms with van der Waals surface area (Å²) in [6, 6.07) is 10.5. The highest BCUT2D eigenvalue weighted by Gasteiger charge is 2.26. The van der Waals surface area contributed by atoms with Crippen molar-refractivity contribution in [1.29, 1.82) is 0 Å². The highest BCUT2D eigenvalue weighted by molar-refractivity contribution is 6.17. The largest absolute Gasteiger partial charge is 0.299 e. The molecule has 1 heterocycles. The summed E-state index contributed by atoms with van der Waals surface area (Å²) in [6.45, 7) is 2.77. The number of Topliss-reactive ketones (excluding diaryl/α,β-unsaturated/α-hetero) is 1. The summed E-state index contributed by atoms with van der Waals surface area (Å²) in [7, 11) is 0. The van der Waals surface area contributed by atoms with Gasteiger partial charge in [-0.1, -0.05) is 36.8 Å². The molecule has 1 aromatic carbocycles. The standard InChI is InChI=1S/C16H22ClNO/c17-10-5-4-8-15-13-18(11-9-16(15)19)12-14-6-2-1-3-7-14/h1-3,6-7,15H,4-5,8-13H2. The Morgan fingerprint density at radius 3 is 2.74 bits per heavy atom. The van der Waals surface area contributed by atoms with Crippen molar-refractivity contribution in [2.45, 2.75) is 32.2 Å². The third kappa shape index (κ3) is 4.63. The normalized spacial score (nSPS) is 20.7. The molecule has 1 saturated heterocycles. The maximum atomic E-state index is 11.9. The molecule has 2 rings (SSSR count). The molecule has 1 unspecified atom stereocenters. The van der Waals surface area contributed by atoms with Gasteiger partial charge in [0.2, 0.25) is 0 Å². The Morgan fingerprint density at radius 2 is 2.00 bits per heavy atom. The Morgan fingerprint density at radius 1 is 1.21 bits per heavy atom. The van der Waals surface area contributed by atoms with Gasteiger partial charge in [-0.2, -0.15) is 0 Å². The van der Waals surface area contributed by atoms with Crippen molar-refractivity contribution < 1.29 is 4.79 Å². The minimum absolute atomic E-state index is 0.223. The molecule has 1 aromatic rings. The monoisotopic (exact) mass is 279 g/mol. The van der Waals surface area contributed by atoms with E-state index in [9.17, 15) is 4.79 Å².